The number of nitrogens with one attached hydrogen (secondary N) is 2. The minimum Gasteiger partial charge on any atom is -0.493 e. The molecule has 0 aliphatic carbocycles. The SMILES string of the molecule is CCOc1cc2c(cc1C(=O)NC[C@@H](O)[C@@H]1Cc3ccccc3CN1)CN([C@@H](C)c1ccccc1)C2=O.Cl. The van der Waals surface area contributed by atoms with Gasteiger partial charge in [0.05, 0.1) is 24.3 Å². The number of hydrogen-bond acceptors (Lipinski definition) is 5. The van der Waals surface area contributed by atoms with Crippen LogP contribution in [0.1, 0.15) is 62.9 Å². The number of nitrogens with zero attached hydrogens (tertiary/aromatic N) is 1. The van der Waals surface area contributed by atoms with Crippen LogP contribution in [0.4, 0.5) is 0 Å². The second kappa shape index (κ2) is 12.0. The van der Waals surface area contributed by atoms with Crippen molar-refractivity contribution in [3.63, 3.8) is 0 Å². The molecule has 0 aromatic heterocycles. The number of halogens is 1. The van der Waals surface area contributed by atoms with Crippen molar-refractivity contribution in [2.24, 2.45) is 0 Å². The quantitative estimate of drug-likeness (QED) is 0.405. The first-order chi connectivity index (χ1) is 18.0. The summed E-state index contributed by atoms with van der Waals surface area (Å²) in [5.74, 6) is -0.0256. The molecule has 2 aliphatic heterocycles. The maximum absolute atomic E-state index is 13.3. The number of carbonyl (C=O) groups is 2. The molecule has 0 saturated heterocycles. The van der Waals surface area contributed by atoms with Crippen molar-refractivity contribution in [2.45, 2.75) is 51.5 Å². The molecule has 3 aromatic rings. The lowest BCUT2D eigenvalue weighted by Gasteiger charge is -2.30. The Morgan fingerprint density at radius 2 is 1.82 bits per heavy atom. The van der Waals surface area contributed by atoms with Gasteiger partial charge < -0.3 is 25.4 Å². The monoisotopic (exact) mass is 535 g/mol. The molecule has 200 valence electrons. The van der Waals surface area contributed by atoms with Gasteiger partial charge in [0.2, 0.25) is 0 Å². The molecule has 7 nitrogen and oxygen atoms in total. The molecule has 3 atom stereocenters. The van der Waals surface area contributed by atoms with Gasteiger partial charge >= 0.3 is 0 Å². The molecular weight excluding hydrogens is 502 g/mol. The number of ether oxygens (including phenoxy) is 1. The molecule has 2 heterocycles. The zero-order valence-corrected chi connectivity index (χ0v) is 22.5. The van der Waals surface area contributed by atoms with E-state index in [0.717, 1.165) is 11.1 Å². The summed E-state index contributed by atoms with van der Waals surface area (Å²) >= 11 is 0. The minimum atomic E-state index is -0.744. The van der Waals surface area contributed by atoms with Crippen molar-refractivity contribution < 1.29 is 19.4 Å². The summed E-state index contributed by atoms with van der Waals surface area (Å²) in [6, 6.07) is 21.3. The van der Waals surface area contributed by atoms with Crippen LogP contribution in [0.2, 0.25) is 0 Å². The van der Waals surface area contributed by atoms with Crippen LogP contribution in [0.15, 0.2) is 66.7 Å². The molecule has 5 rings (SSSR count). The molecule has 2 aliphatic rings. The largest absolute Gasteiger partial charge is 0.493 e. The second-order valence-electron chi connectivity index (χ2n) is 9.70. The molecule has 3 N–H and O–H groups in total. The van der Waals surface area contributed by atoms with Crippen LogP contribution in [-0.2, 0) is 19.5 Å². The molecule has 0 unspecified atom stereocenters. The number of carbonyl (C=O) groups excluding carboxylic acids is 2. The third kappa shape index (κ3) is 5.55. The molecule has 0 spiro atoms. The van der Waals surface area contributed by atoms with Crippen molar-refractivity contribution >= 4 is 24.2 Å². The van der Waals surface area contributed by atoms with Crippen molar-refractivity contribution in [3.05, 3.63) is 100 Å². The van der Waals surface area contributed by atoms with Gasteiger partial charge in [0.15, 0.2) is 0 Å². The lowest BCUT2D eigenvalue weighted by atomic mass is 9.93. The Bertz CT molecular complexity index is 1300. The van der Waals surface area contributed by atoms with Crippen LogP contribution in [0.3, 0.4) is 0 Å². The predicted octanol–water partition coefficient (Wildman–Crippen LogP) is 4.03. The van der Waals surface area contributed by atoms with Crippen LogP contribution in [0, 0.1) is 0 Å². The Morgan fingerprint density at radius 3 is 2.55 bits per heavy atom. The van der Waals surface area contributed by atoms with Crippen LogP contribution in [-0.4, -0.2) is 47.1 Å². The van der Waals surface area contributed by atoms with Gasteiger partial charge in [-0.05, 0) is 54.7 Å². The maximum atomic E-state index is 13.3. The maximum Gasteiger partial charge on any atom is 0.255 e. The van der Waals surface area contributed by atoms with Crippen LogP contribution >= 0.6 is 12.4 Å². The van der Waals surface area contributed by atoms with E-state index in [1.807, 2.05) is 61.2 Å². The molecule has 0 fully saturated rings. The molecule has 2 amide bonds. The average Bonchev–Trinajstić information content (AvgIpc) is 3.26. The van der Waals surface area contributed by atoms with Gasteiger partial charge in [0.25, 0.3) is 11.8 Å². The van der Waals surface area contributed by atoms with E-state index in [1.165, 1.54) is 11.1 Å². The lowest BCUT2D eigenvalue weighted by molar-refractivity contribution is 0.0715. The fourth-order valence-electron chi connectivity index (χ4n) is 5.23. The number of amides is 2. The molecule has 0 bridgehead atoms. The molecular formula is C30H34ClN3O4. The minimum absolute atomic E-state index is 0. The number of fused-ring (bicyclic) bond motifs is 2. The lowest BCUT2D eigenvalue weighted by Crippen LogP contribution is -2.49. The molecule has 38 heavy (non-hydrogen) atoms. The van der Waals surface area contributed by atoms with Crippen LogP contribution < -0.4 is 15.4 Å². The van der Waals surface area contributed by atoms with Gasteiger partial charge in [-0.3, -0.25) is 9.59 Å². The van der Waals surface area contributed by atoms with E-state index in [-0.39, 0.29) is 42.8 Å². The predicted molar refractivity (Wildman–Crippen MR) is 149 cm³/mol. The van der Waals surface area contributed by atoms with Crippen molar-refractivity contribution in [1.29, 1.82) is 0 Å². The molecule has 8 heteroatoms. The Kier molecular flexibility index (Phi) is 8.72. The fraction of sp³-hybridized carbons (Fsp3) is 0.333. The summed E-state index contributed by atoms with van der Waals surface area (Å²) < 4.78 is 5.77. The van der Waals surface area contributed by atoms with E-state index in [0.29, 0.717) is 43.0 Å². The number of benzene rings is 3. The summed E-state index contributed by atoms with van der Waals surface area (Å²) in [5.41, 5.74) is 5.24. The van der Waals surface area contributed by atoms with E-state index < -0.39 is 6.10 Å². The molecule has 0 saturated carbocycles. The third-order valence-electron chi connectivity index (χ3n) is 7.38. The Morgan fingerprint density at radius 1 is 1.11 bits per heavy atom. The highest BCUT2D eigenvalue weighted by Gasteiger charge is 2.34. The van der Waals surface area contributed by atoms with Gasteiger partial charge in [0.1, 0.15) is 5.75 Å². The summed E-state index contributed by atoms with van der Waals surface area (Å²) in [7, 11) is 0. The highest BCUT2D eigenvalue weighted by molar-refractivity contribution is 6.03. The van der Waals surface area contributed by atoms with Crippen molar-refractivity contribution in [1.82, 2.24) is 15.5 Å². The summed E-state index contributed by atoms with van der Waals surface area (Å²) in [4.78, 5) is 28.3. The first-order valence-corrected chi connectivity index (χ1v) is 12.9. The zero-order valence-electron chi connectivity index (χ0n) is 21.6. The highest BCUT2D eigenvalue weighted by Crippen LogP contribution is 2.35. The standard InChI is InChI=1S/C30H33N3O4.ClH/c1-3-37-28-15-24-23(18-33(30(24)36)19(2)20-9-5-4-6-10-20)13-25(28)29(35)32-17-27(34)26-14-21-11-7-8-12-22(21)16-31-26;/h4-13,15,19,26-27,31,34H,3,14,16-18H2,1-2H3,(H,32,35);1H/t19-,26-,27+;/m0./s1. The van der Waals surface area contributed by atoms with Gasteiger partial charge in [-0.2, -0.15) is 0 Å². The second-order valence-corrected chi connectivity index (χ2v) is 9.70. The fourth-order valence-corrected chi connectivity index (χ4v) is 5.23. The van der Waals surface area contributed by atoms with E-state index in [9.17, 15) is 14.7 Å². The average molecular weight is 536 g/mol. The summed E-state index contributed by atoms with van der Waals surface area (Å²) in [5, 5.41) is 17.0. The van der Waals surface area contributed by atoms with Crippen LogP contribution in [0.5, 0.6) is 5.75 Å². The third-order valence-corrected chi connectivity index (χ3v) is 7.38. The van der Waals surface area contributed by atoms with Gasteiger partial charge in [-0.1, -0.05) is 54.6 Å². The van der Waals surface area contributed by atoms with Crippen molar-refractivity contribution in [2.75, 3.05) is 13.2 Å². The summed E-state index contributed by atoms with van der Waals surface area (Å²) in [6.07, 6.45) is -0.0422. The topological polar surface area (TPSA) is 90.9 Å². The van der Waals surface area contributed by atoms with Gasteiger partial charge in [-0.15, -0.1) is 12.4 Å². The Labute approximate surface area is 229 Å². The first-order valence-electron chi connectivity index (χ1n) is 12.9. The number of hydrogen-bond donors (Lipinski definition) is 3. The normalized spacial score (nSPS) is 17.6. The van der Waals surface area contributed by atoms with Crippen LogP contribution in [0.25, 0.3) is 0 Å². The van der Waals surface area contributed by atoms with Gasteiger partial charge in [-0.25, -0.2) is 0 Å². The van der Waals surface area contributed by atoms with Crippen molar-refractivity contribution in [3.8, 4) is 5.75 Å². The Balaban J connectivity index is 0.00000336. The van der Waals surface area contributed by atoms with E-state index >= 15 is 0 Å². The van der Waals surface area contributed by atoms with E-state index in [4.69, 9.17) is 4.74 Å². The summed E-state index contributed by atoms with van der Waals surface area (Å²) in [6.45, 7) is 5.44. The Hall–Kier alpha value is -3.39. The number of rotatable bonds is 8. The van der Waals surface area contributed by atoms with E-state index in [1.54, 1.807) is 12.1 Å². The number of aliphatic hydroxyl groups excluding tert-OH is 1. The van der Waals surface area contributed by atoms with E-state index in [2.05, 4.69) is 22.8 Å². The smallest absolute Gasteiger partial charge is 0.255 e. The zero-order chi connectivity index (χ0) is 25.9. The highest BCUT2D eigenvalue weighted by atomic mass is 35.5. The molecule has 0 radical (unpaired) electrons. The number of aliphatic hydroxyl groups is 1. The molecule has 3 aromatic carbocycles. The van der Waals surface area contributed by atoms with Gasteiger partial charge in [0, 0.05) is 31.2 Å². The first kappa shape index (κ1) is 27.6.